The maximum atomic E-state index is 12.7. The molecule has 2 aliphatic rings. The van der Waals surface area contributed by atoms with Gasteiger partial charge in [0.15, 0.2) is 0 Å². The van der Waals surface area contributed by atoms with Gasteiger partial charge in [-0.05, 0) is 44.2 Å². The molecule has 2 N–H and O–H groups in total. The van der Waals surface area contributed by atoms with Crippen molar-refractivity contribution in [2.45, 2.75) is 70.4 Å². The van der Waals surface area contributed by atoms with Gasteiger partial charge in [0.25, 0.3) is 0 Å². The molecule has 0 radical (unpaired) electrons. The Morgan fingerprint density at radius 2 is 2.08 bits per heavy atom. The molecule has 0 spiro atoms. The average Bonchev–Trinajstić information content (AvgIpc) is 2.60. The summed E-state index contributed by atoms with van der Waals surface area (Å²) in [5, 5.41) is 13.8. The van der Waals surface area contributed by atoms with Crippen molar-refractivity contribution in [1.29, 1.82) is 0 Å². The summed E-state index contributed by atoms with van der Waals surface area (Å²) in [6.45, 7) is 6.30. The van der Waals surface area contributed by atoms with Crippen LogP contribution in [0.1, 0.15) is 68.2 Å². The van der Waals surface area contributed by atoms with Gasteiger partial charge in [0.05, 0.1) is 11.6 Å². The van der Waals surface area contributed by atoms with Crippen molar-refractivity contribution < 1.29 is 9.90 Å². The van der Waals surface area contributed by atoms with Gasteiger partial charge < -0.3 is 15.3 Å². The van der Waals surface area contributed by atoms with Gasteiger partial charge in [-0.3, -0.25) is 4.79 Å². The minimum Gasteiger partial charge on any atom is -0.389 e. The normalized spacial score (nSPS) is 22.5. The number of nitrogens with zero attached hydrogens (tertiary/aromatic N) is 1. The van der Waals surface area contributed by atoms with E-state index in [4.69, 9.17) is 0 Å². The van der Waals surface area contributed by atoms with Gasteiger partial charge in [-0.25, -0.2) is 0 Å². The third kappa shape index (κ3) is 4.42. The van der Waals surface area contributed by atoms with E-state index in [-0.39, 0.29) is 11.9 Å². The first-order valence-electron chi connectivity index (χ1n) is 9.80. The van der Waals surface area contributed by atoms with E-state index in [0.717, 1.165) is 38.6 Å². The zero-order chi connectivity index (χ0) is 17.9. The summed E-state index contributed by atoms with van der Waals surface area (Å²) < 4.78 is 0. The first-order valence-corrected chi connectivity index (χ1v) is 9.80. The molecule has 0 aromatic heterocycles. The highest BCUT2D eigenvalue weighted by Crippen LogP contribution is 2.30. The largest absolute Gasteiger partial charge is 0.389 e. The number of hydrogen-bond donors (Lipinski definition) is 2. The van der Waals surface area contributed by atoms with E-state index in [1.54, 1.807) is 0 Å². The first-order chi connectivity index (χ1) is 12.0. The van der Waals surface area contributed by atoms with E-state index in [0.29, 0.717) is 19.5 Å². The fourth-order valence-corrected chi connectivity index (χ4v) is 4.32. The highest BCUT2D eigenvalue weighted by atomic mass is 16.3. The highest BCUT2D eigenvalue weighted by Gasteiger charge is 2.29. The van der Waals surface area contributed by atoms with Gasteiger partial charge in [-0.15, -0.1) is 0 Å². The SMILES string of the molecule is Cc1ccc2c(c1)C(C)N(C(=O)CCNCC1(O)CCCCC1)CC2. The molecule has 1 atom stereocenters. The molecule has 3 rings (SSSR count). The molecule has 1 aliphatic carbocycles. The molecule has 1 heterocycles. The van der Waals surface area contributed by atoms with E-state index in [1.807, 2.05) is 4.90 Å². The molecule has 25 heavy (non-hydrogen) atoms. The number of aliphatic hydroxyl groups is 1. The number of carbonyl (C=O) groups is 1. The minimum atomic E-state index is -0.559. The van der Waals surface area contributed by atoms with Crippen LogP contribution in [0, 0.1) is 6.92 Å². The van der Waals surface area contributed by atoms with Crippen LogP contribution in [-0.2, 0) is 11.2 Å². The molecule has 1 fully saturated rings. The van der Waals surface area contributed by atoms with Gasteiger partial charge in [0, 0.05) is 26.1 Å². The second-order valence-electron chi connectivity index (χ2n) is 7.93. The van der Waals surface area contributed by atoms with Crippen molar-refractivity contribution >= 4 is 5.91 Å². The number of rotatable bonds is 5. The molecule has 1 amide bonds. The first kappa shape index (κ1) is 18.4. The van der Waals surface area contributed by atoms with Crippen LogP contribution in [0.15, 0.2) is 18.2 Å². The van der Waals surface area contributed by atoms with E-state index in [1.165, 1.54) is 23.1 Å². The summed E-state index contributed by atoms with van der Waals surface area (Å²) in [6.07, 6.45) is 6.66. The molecule has 1 aliphatic heterocycles. The maximum Gasteiger partial charge on any atom is 0.224 e. The molecule has 0 saturated heterocycles. The number of benzene rings is 1. The summed E-state index contributed by atoms with van der Waals surface area (Å²) in [5.41, 5.74) is 3.36. The second-order valence-corrected chi connectivity index (χ2v) is 7.93. The van der Waals surface area contributed by atoms with E-state index < -0.39 is 5.60 Å². The summed E-state index contributed by atoms with van der Waals surface area (Å²) in [4.78, 5) is 14.7. The third-order valence-electron chi connectivity index (χ3n) is 5.92. The molecule has 1 saturated carbocycles. The smallest absolute Gasteiger partial charge is 0.224 e. The zero-order valence-corrected chi connectivity index (χ0v) is 15.7. The standard InChI is InChI=1S/C21H32N2O2/c1-16-6-7-18-9-13-23(17(2)19(18)14-16)20(24)8-12-22-15-21(25)10-4-3-5-11-21/h6-7,14,17,22,25H,3-5,8-13,15H2,1-2H3. The van der Waals surface area contributed by atoms with Gasteiger partial charge in [0.1, 0.15) is 0 Å². The summed E-state index contributed by atoms with van der Waals surface area (Å²) in [6, 6.07) is 6.73. The van der Waals surface area contributed by atoms with Crippen LogP contribution in [0.25, 0.3) is 0 Å². The van der Waals surface area contributed by atoms with Crippen molar-refractivity contribution in [3.8, 4) is 0 Å². The Balaban J connectivity index is 1.48. The van der Waals surface area contributed by atoms with Crippen LogP contribution in [0.5, 0.6) is 0 Å². The quantitative estimate of drug-likeness (QED) is 0.807. The second kappa shape index (κ2) is 7.88. The Kier molecular flexibility index (Phi) is 5.80. The molecule has 0 bridgehead atoms. The molecular formula is C21H32N2O2. The monoisotopic (exact) mass is 344 g/mol. The molecule has 1 aromatic rings. The predicted molar refractivity (Wildman–Crippen MR) is 101 cm³/mol. The van der Waals surface area contributed by atoms with E-state index in [9.17, 15) is 9.90 Å². The molecule has 138 valence electrons. The Bertz CT molecular complexity index is 608. The summed E-state index contributed by atoms with van der Waals surface area (Å²) >= 11 is 0. The van der Waals surface area contributed by atoms with Crippen molar-refractivity contribution in [1.82, 2.24) is 10.2 Å². The van der Waals surface area contributed by atoms with Crippen LogP contribution < -0.4 is 5.32 Å². The third-order valence-corrected chi connectivity index (χ3v) is 5.92. The molecule has 1 unspecified atom stereocenters. The van der Waals surface area contributed by atoms with Crippen LogP contribution in [-0.4, -0.2) is 41.1 Å². The van der Waals surface area contributed by atoms with Gasteiger partial charge in [-0.2, -0.15) is 0 Å². The summed E-state index contributed by atoms with van der Waals surface area (Å²) in [5.74, 6) is 0.211. The van der Waals surface area contributed by atoms with Crippen molar-refractivity contribution in [3.05, 3.63) is 34.9 Å². The van der Waals surface area contributed by atoms with Crippen LogP contribution in [0.2, 0.25) is 0 Å². The lowest BCUT2D eigenvalue weighted by Gasteiger charge is -2.36. The number of amides is 1. The molecule has 4 heteroatoms. The zero-order valence-electron chi connectivity index (χ0n) is 15.7. The van der Waals surface area contributed by atoms with Crippen LogP contribution >= 0.6 is 0 Å². The minimum absolute atomic E-state index is 0.152. The lowest BCUT2D eigenvalue weighted by Crippen LogP contribution is -2.44. The number of hydrogen-bond acceptors (Lipinski definition) is 3. The van der Waals surface area contributed by atoms with Gasteiger partial charge in [-0.1, -0.05) is 43.0 Å². The number of aryl methyl sites for hydroxylation is 1. The van der Waals surface area contributed by atoms with Gasteiger partial charge in [0.2, 0.25) is 5.91 Å². The number of carbonyl (C=O) groups excluding carboxylic acids is 1. The fraction of sp³-hybridized carbons (Fsp3) is 0.667. The predicted octanol–water partition coefficient (Wildman–Crippen LogP) is 3.12. The topological polar surface area (TPSA) is 52.6 Å². The van der Waals surface area contributed by atoms with Crippen molar-refractivity contribution in [2.24, 2.45) is 0 Å². The highest BCUT2D eigenvalue weighted by molar-refractivity contribution is 5.77. The number of nitrogens with one attached hydrogen (secondary N) is 1. The fourth-order valence-electron chi connectivity index (χ4n) is 4.32. The molecule has 4 nitrogen and oxygen atoms in total. The Morgan fingerprint density at radius 1 is 1.32 bits per heavy atom. The Morgan fingerprint density at radius 3 is 2.84 bits per heavy atom. The number of fused-ring (bicyclic) bond motifs is 1. The Labute approximate surface area is 151 Å². The van der Waals surface area contributed by atoms with Crippen LogP contribution in [0.4, 0.5) is 0 Å². The van der Waals surface area contributed by atoms with Gasteiger partial charge >= 0.3 is 0 Å². The van der Waals surface area contributed by atoms with Crippen LogP contribution in [0.3, 0.4) is 0 Å². The van der Waals surface area contributed by atoms with E-state index >= 15 is 0 Å². The van der Waals surface area contributed by atoms with Crippen molar-refractivity contribution in [3.63, 3.8) is 0 Å². The lowest BCUT2D eigenvalue weighted by atomic mass is 9.85. The maximum absolute atomic E-state index is 12.7. The average molecular weight is 344 g/mol. The Hall–Kier alpha value is -1.39. The van der Waals surface area contributed by atoms with E-state index in [2.05, 4.69) is 37.4 Å². The molecular weight excluding hydrogens is 312 g/mol. The summed E-state index contributed by atoms with van der Waals surface area (Å²) in [7, 11) is 0. The molecule has 1 aromatic carbocycles. The lowest BCUT2D eigenvalue weighted by molar-refractivity contribution is -0.133. The van der Waals surface area contributed by atoms with Crippen molar-refractivity contribution in [2.75, 3.05) is 19.6 Å².